The maximum atomic E-state index is 10.9. The van der Waals surface area contributed by atoms with Crippen molar-refractivity contribution in [3.63, 3.8) is 0 Å². The maximum absolute atomic E-state index is 10.9. The fraction of sp³-hybridized carbons (Fsp3) is 0.545. The van der Waals surface area contributed by atoms with Gasteiger partial charge in [0.1, 0.15) is 5.75 Å². The van der Waals surface area contributed by atoms with Gasteiger partial charge in [0.05, 0.1) is 5.60 Å². The van der Waals surface area contributed by atoms with E-state index in [1.54, 1.807) is 6.07 Å². The van der Waals surface area contributed by atoms with Crippen LogP contribution in [0.2, 0.25) is 0 Å². The van der Waals surface area contributed by atoms with E-state index in [9.17, 15) is 10.2 Å². The van der Waals surface area contributed by atoms with Crippen LogP contribution in [0.1, 0.15) is 76.8 Å². The van der Waals surface area contributed by atoms with Crippen LogP contribution in [0.4, 0.5) is 0 Å². The average molecular weight is 328 g/mol. The van der Waals surface area contributed by atoms with Crippen LogP contribution < -0.4 is 0 Å². The van der Waals surface area contributed by atoms with Crippen LogP contribution in [0.15, 0.2) is 41.5 Å². The van der Waals surface area contributed by atoms with Gasteiger partial charge < -0.3 is 10.2 Å². The Kier molecular flexibility index (Phi) is 6.28. The number of aromatic hydroxyl groups is 1. The topological polar surface area (TPSA) is 40.5 Å². The quantitative estimate of drug-likeness (QED) is 0.679. The minimum Gasteiger partial charge on any atom is -0.508 e. The minimum absolute atomic E-state index is 0.314. The van der Waals surface area contributed by atoms with Crippen LogP contribution in [0.3, 0.4) is 0 Å². The standard InChI is InChI=1S/C22H32O2/c1-5-9-17-14-18(22(24,7-3)8-4)11-13-20(17)21-15-19(23)12-10-16(21)6-2/h10-12,14-15,20,23-24H,5-9,13H2,1-4H3. The zero-order valence-electron chi connectivity index (χ0n) is 15.6. The first-order chi connectivity index (χ1) is 11.5. The van der Waals surface area contributed by atoms with Crippen LogP contribution in [0, 0.1) is 0 Å². The SMILES string of the molecule is CCCC1=CC(C(O)(CC)CC)=CCC1c1cc(O)ccc1CC. The van der Waals surface area contributed by atoms with Gasteiger partial charge in [-0.15, -0.1) is 0 Å². The third kappa shape index (κ3) is 3.75. The first-order valence-electron chi connectivity index (χ1n) is 9.44. The smallest absolute Gasteiger partial charge is 0.115 e. The van der Waals surface area contributed by atoms with Crippen molar-refractivity contribution in [2.45, 2.75) is 77.7 Å². The molecule has 1 atom stereocenters. The number of hydrogen-bond acceptors (Lipinski definition) is 2. The van der Waals surface area contributed by atoms with E-state index in [2.05, 4.69) is 26.0 Å². The van der Waals surface area contributed by atoms with E-state index in [1.165, 1.54) is 16.7 Å². The molecule has 1 unspecified atom stereocenters. The number of phenolic OH excluding ortho intramolecular Hbond substituents is 1. The summed E-state index contributed by atoms with van der Waals surface area (Å²) >= 11 is 0. The molecule has 0 radical (unpaired) electrons. The predicted molar refractivity (Wildman–Crippen MR) is 101 cm³/mol. The fourth-order valence-electron chi connectivity index (χ4n) is 3.83. The molecule has 0 heterocycles. The third-order valence-corrected chi connectivity index (χ3v) is 5.49. The van der Waals surface area contributed by atoms with Gasteiger partial charge in [0, 0.05) is 5.92 Å². The molecule has 0 saturated carbocycles. The largest absolute Gasteiger partial charge is 0.508 e. The van der Waals surface area contributed by atoms with E-state index in [1.807, 2.05) is 26.0 Å². The third-order valence-electron chi connectivity index (χ3n) is 5.49. The van der Waals surface area contributed by atoms with Gasteiger partial charge in [-0.3, -0.25) is 0 Å². The van der Waals surface area contributed by atoms with Crippen molar-refractivity contribution in [3.05, 3.63) is 52.6 Å². The molecule has 2 N–H and O–H groups in total. The molecule has 1 aromatic carbocycles. The lowest BCUT2D eigenvalue weighted by Gasteiger charge is -2.33. The summed E-state index contributed by atoms with van der Waals surface area (Å²) in [5.41, 5.74) is 4.29. The van der Waals surface area contributed by atoms with Gasteiger partial charge >= 0.3 is 0 Å². The van der Waals surface area contributed by atoms with Crippen molar-refractivity contribution in [1.29, 1.82) is 0 Å². The summed E-state index contributed by atoms with van der Waals surface area (Å²) < 4.78 is 0. The second-order valence-electron chi connectivity index (χ2n) is 6.89. The number of hydrogen-bond donors (Lipinski definition) is 2. The van der Waals surface area contributed by atoms with Crippen molar-refractivity contribution >= 4 is 0 Å². The monoisotopic (exact) mass is 328 g/mol. The number of rotatable bonds is 7. The summed E-state index contributed by atoms with van der Waals surface area (Å²) in [6, 6.07) is 5.75. The molecule has 0 fully saturated rings. The Bertz CT molecular complexity index is 621. The molecule has 0 spiro atoms. The Morgan fingerprint density at radius 1 is 1.12 bits per heavy atom. The first kappa shape index (κ1) is 18.8. The highest BCUT2D eigenvalue weighted by Crippen LogP contribution is 2.41. The number of aryl methyl sites for hydroxylation is 1. The van der Waals surface area contributed by atoms with Gasteiger partial charge in [-0.25, -0.2) is 0 Å². The molecule has 0 saturated heterocycles. The summed E-state index contributed by atoms with van der Waals surface area (Å²) in [6.45, 7) is 8.46. The molecule has 132 valence electrons. The zero-order chi connectivity index (χ0) is 17.7. The van der Waals surface area contributed by atoms with Crippen LogP contribution in [-0.4, -0.2) is 15.8 Å². The van der Waals surface area contributed by atoms with E-state index in [0.29, 0.717) is 11.7 Å². The molecule has 1 aliphatic rings. The highest BCUT2D eigenvalue weighted by Gasteiger charge is 2.30. The maximum Gasteiger partial charge on any atom is 0.115 e. The van der Waals surface area contributed by atoms with Gasteiger partial charge in [-0.05, 0) is 60.9 Å². The van der Waals surface area contributed by atoms with Gasteiger partial charge in [-0.2, -0.15) is 0 Å². The van der Waals surface area contributed by atoms with Crippen LogP contribution >= 0.6 is 0 Å². The number of allylic oxidation sites excluding steroid dienone is 2. The van der Waals surface area contributed by atoms with Crippen molar-refractivity contribution in [1.82, 2.24) is 0 Å². The van der Waals surface area contributed by atoms with Crippen molar-refractivity contribution < 1.29 is 10.2 Å². The number of aliphatic hydroxyl groups is 1. The molecule has 0 bridgehead atoms. The minimum atomic E-state index is -0.712. The fourth-order valence-corrected chi connectivity index (χ4v) is 3.83. The number of benzene rings is 1. The molecule has 0 aliphatic heterocycles. The molecule has 2 nitrogen and oxygen atoms in total. The molecular weight excluding hydrogens is 296 g/mol. The van der Waals surface area contributed by atoms with Gasteiger partial charge in [-0.1, -0.05) is 57.9 Å². The zero-order valence-corrected chi connectivity index (χ0v) is 15.6. The molecule has 24 heavy (non-hydrogen) atoms. The van der Waals surface area contributed by atoms with E-state index < -0.39 is 5.60 Å². The average Bonchev–Trinajstić information content (AvgIpc) is 2.61. The van der Waals surface area contributed by atoms with E-state index in [4.69, 9.17) is 0 Å². The molecule has 1 aliphatic carbocycles. The lowest BCUT2D eigenvalue weighted by Crippen LogP contribution is -2.30. The van der Waals surface area contributed by atoms with Crippen LogP contribution in [-0.2, 0) is 6.42 Å². The second kappa shape index (κ2) is 8.02. The molecule has 2 heteroatoms. The molecular formula is C22H32O2. The van der Waals surface area contributed by atoms with Crippen LogP contribution in [0.5, 0.6) is 5.75 Å². The Morgan fingerprint density at radius 2 is 1.83 bits per heavy atom. The summed E-state index contributed by atoms with van der Waals surface area (Å²) in [5.74, 6) is 0.653. The van der Waals surface area contributed by atoms with E-state index in [0.717, 1.165) is 44.1 Å². The number of phenols is 1. The first-order valence-corrected chi connectivity index (χ1v) is 9.44. The highest BCUT2D eigenvalue weighted by molar-refractivity contribution is 5.46. The molecule has 2 rings (SSSR count). The Labute approximate surface area is 146 Å². The second-order valence-corrected chi connectivity index (χ2v) is 6.89. The summed E-state index contributed by atoms with van der Waals surface area (Å²) in [6.07, 6.45) is 9.91. The lowest BCUT2D eigenvalue weighted by molar-refractivity contribution is 0.0729. The van der Waals surface area contributed by atoms with Gasteiger partial charge in [0.25, 0.3) is 0 Å². The lowest BCUT2D eigenvalue weighted by atomic mass is 9.75. The van der Waals surface area contributed by atoms with Crippen molar-refractivity contribution in [3.8, 4) is 5.75 Å². The Hall–Kier alpha value is -1.54. The summed E-state index contributed by atoms with van der Waals surface area (Å²) in [5, 5.41) is 20.9. The summed E-state index contributed by atoms with van der Waals surface area (Å²) in [7, 11) is 0. The Balaban J connectivity index is 2.43. The van der Waals surface area contributed by atoms with Crippen LogP contribution in [0.25, 0.3) is 0 Å². The molecule has 1 aromatic rings. The molecule has 0 aromatic heterocycles. The van der Waals surface area contributed by atoms with Crippen molar-refractivity contribution in [2.75, 3.05) is 0 Å². The summed E-state index contributed by atoms with van der Waals surface area (Å²) in [4.78, 5) is 0. The van der Waals surface area contributed by atoms with E-state index >= 15 is 0 Å². The highest BCUT2D eigenvalue weighted by atomic mass is 16.3. The normalized spacial score (nSPS) is 18.3. The van der Waals surface area contributed by atoms with E-state index in [-0.39, 0.29) is 0 Å². The Morgan fingerprint density at radius 3 is 2.42 bits per heavy atom. The predicted octanol–water partition coefficient (Wildman–Crippen LogP) is 5.65. The molecule has 0 amide bonds. The van der Waals surface area contributed by atoms with Gasteiger partial charge in [0.15, 0.2) is 0 Å². The van der Waals surface area contributed by atoms with Crippen molar-refractivity contribution in [2.24, 2.45) is 0 Å². The van der Waals surface area contributed by atoms with Gasteiger partial charge in [0.2, 0.25) is 0 Å².